The molecule has 0 saturated carbocycles. The molecule has 1 aliphatic heterocycles. The number of Topliss-reactive ketones (excluding diaryl/α,β-unsaturated/α-hetero) is 1. The number of phenols is 1. The SMILES string of the molecule is COc1cc([C@H]2C3=C(C[C@@H](c4ccco4)CC3=O)Nc3ncnn32)ccc1O. The number of carbonyl (C=O) groups is 1. The van der Waals surface area contributed by atoms with Crippen molar-refractivity contribution in [3.8, 4) is 11.5 Å². The third-order valence-electron chi connectivity index (χ3n) is 5.33. The topological polar surface area (TPSA) is 102 Å². The Kier molecular flexibility index (Phi) is 3.71. The summed E-state index contributed by atoms with van der Waals surface area (Å²) in [6.45, 7) is 0. The number of allylic oxidation sites excluding steroid dienone is 2. The van der Waals surface area contributed by atoms with Gasteiger partial charge >= 0.3 is 0 Å². The van der Waals surface area contributed by atoms with Crippen LogP contribution in [0, 0.1) is 0 Å². The molecule has 2 atom stereocenters. The highest BCUT2D eigenvalue weighted by Crippen LogP contribution is 2.44. The number of fused-ring (bicyclic) bond motifs is 1. The number of furan rings is 1. The molecule has 3 heterocycles. The quantitative estimate of drug-likeness (QED) is 0.722. The zero-order valence-corrected chi connectivity index (χ0v) is 15.1. The monoisotopic (exact) mass is 378 g/mol. The number of ether oxygens (including phenoxy) is 1. The molecule has 0 spiro atoms. The van der Waals surface area contributed by atoms with Crippen LogP contribution in [0.1, 0.15) is 36.1 Å². The molecular weight excluding hydrogens is 360 g/mol. The number of anilines is 1. The van der Waals surface area contributed by atoms with E-state index in [1.165, 1.54) is 13.4 Å². The standard InChI is InChI=1S/C20H18N4O4/c1-27-17-9-11(4-5-14(17)25)19-18-13(23-20-21-10-22-24(19)20)7-12(8-15(18)26)16-3-2-6-28-16/h2-6,9-10,12,19,25H,7-8H2,1H3,(H,21,22,23)/t12-,19+/m1/s1. The van der Waals surface area contributed by atoms with Gasteiger partial charge in [-0.05, 0) is 36.2 Å². The Bertz CT molecular complexity index is 1080. The van der Waals surface area contributed by atoms with E-state index in [9.17, 15) is 9.90 Å². The smallest absolute Gasteiger partial charge is 0.226 e. The lowest BCUT2D eigenvalue weighted by Crippen LogP contribution is -2.33. The molecule has 2 N–H and O–H groups in total. The summed E-state index contributed by atoms with van der Waals surface area (Å²) in [5, 5.41) is 17.5. The van der Waals surface area contributed by atoms with Crippen LogP contribution < -0.4 is 10.1 Å². The minimum Gasteiger partial charge on any atom is -0.504 e. The van der Waals surface area contributed by atoms with E-state index in [-0.39, 0.29) is 17.5 Å². The first-order chi connectivity index (χ1) is 13.7. The van der Waals surface area contributed by atoms with Gasteiger partial charge < -0.3 is 19.6 Å². The predicted molar refractivity (Wildman–Crippen MR) is 99.2 cm³/mol. The van der Waals surface area contributed by atoms with Gasteiger partial charge in [-0.3, -0.25) is 4.79 Å². The maximum absolute atomic E-state index is 13.2. The lowest BCUT2D eigenvalue weighted by molar-refractivity contribution is -0.117. The summed E-state index contributed by atoms with van der Waals surface area (Å²) in [5.41, 5.74) is 2.28. The van der Waals surface area contributed by atoms with E-state index in [4.69, 9.17) is 9.15 Å². The number of nitrogens with zero attached hydrogens (tertiary/aromatic N) is 3. The van der Waals surface area contributed by atoms with Gasteiger partial charge in [0.2, 0.25) is 5.95 Å². The van der Waals surface area contributed by atoms with Crippen LogP contribution in [0.2, 0.25) is 0 Å². The van der Waals surface area contributed by atoms with Gasteiger partial charge in [0.25, 0.3) is 0 Å². The molecule has 0 fully saturated rings. The fourth-order valence-electron chi connectivity index (χ4n) is 4.05. The Morgan fingerprint density at radius 3 is 3.00 bits per heavy atom. The first-order valence-electron chi connectivity index (χ1n) is 8.98. The largest absolute Gasteiger partial charge is 0.504 e. The van der Waals surface area contributed by atoms with E-state index in [2.05, 4.69) is 15.4 Å². The van der Waals surface area contributed by atoms with Gasteiger partial charge in [0.15, 0.2) is 17.3 Å². The third-order valence-corrected chi connectivity index (χ3v) is 5.33. The lowest BCUT2D eigenvalue weighted by atomic mass is 9.79. The van der Waals surface area contributed by atoms with Crippen LogP contribution >= 0.6 is 0 Å². The van der Waals surface area contributed by atoms with Gasteiger partial charge in [-0.25, -0.2) is 4.68 Å². The molecule has 8 nitrogen and oxygen atoms in total. The summed E-state index contributed by atoms with van der Waals surface area (Å²) in [6.07, 6.45) is 4.09. The van der Waals surface area contributed by atoms with Gasteiger partial charge in [-0.2, -0.15) is 10.1 Å². The maximum atomic E-state index is 13.2. The van der Waals surface area contributed by atoms with Crippen LogP contribution in [-0.2, 0) is 4.79 Å². The third kappa shape index (κ3) is 2.49. The maximum Gasteiger partial charge on any atom is 0.226 e. The first-order valence-corrected chi connectivity index (χ1v) is 8.98. The van der Waals surface area contributed by atoms with Crippen molar-refractivity contribution < 1.29 is 19.1 Å². The number of methoxy groups -OCH3 is 1. The van der Waals surface area contributed by atoms with E-state index in [1.54, 1.807) is 29.1 Å². The first kappa shape index (κ1) is 16.6. The number of nitrogens with one attached hydrogen (secondary N) is 1. The minimum absolute atomic E-state index is 0.0155. The summed E-state index contributed by atoms with van der Waals surface area (Å²) in [5.74, 6) is 1.78. The van der Waals surface area contributed by atoms with Gasteiger partial charge in [-0.1, -0.05) is 6.07 Å². The van der Waals surface area contributed by atoms with Gasteiger partial charge in [0, 0.05) is 23.6 Å². The molecule has 0 saturated heterocycles. The molecule has 1 aliphatic carbocycles. The molecule has 0 radical (unpaired) electrons. The number of hydrogen-bond acceptors (Lipinski definition) is 7. The van der Waals surface area contributed by atoms with Crippen molar-refractivity contribution in [2.24, 2.45) is 0 Å². The highest BCUT2D eigenvalue weighted by molar-refractivity contribution is 6.00. The molecule has 142 valence electrons. The molecule has 2 aliphatic rings. The van der Waals surface area contributed by atoms with Crippen LogP contribution in [-0.4, -0.2) is 32.8 Å². The number of hydrogen-bond donors (Lipinski definition) is 2. The van der Waals surface area contributed by atoms with E-state index in [0.29, 0.717) is 30.1 Å². The Morgan fingerprint density at radius 2 is 2.21 bits per heavy atom. The van der Waals surface area contributed by atoms with E-state index in [1.807, 2.05) is 12.1 Å². The van der Waals surface area contributed by atoms with Crippen LogP contribution in [0.3, 0.4) is 0 Å². The molecule has 5 rings (SSSR count). The Labute approximate surface area is 160 Å². The summed E-state index contributed by atoms with van der Waals surface area (Å²) in [6, 6.07) is 8.36. The Balaban J connectivity index is 1.63. The normalized spacial score (nSPS) is 21.1. The number of rotatable bonds is 3. The van der Waals surface area contributed by atoms with Crippen LogP contribution in [0.4, 0.5) is 5.95 Å². The second kappa shape index (κ2) is 6.26. The van der Waals surface area contributed by atoms with E-state index < -0.39 is 6.04 Å². The van der Waals surface area contributed by atoms with Crippen molar-refractivity contribution in [2.45, 2.75) is 24.8 Å². The Hall–Kier alpha value is -3.55. The molecule has 0 bridgehead atoms. The average molecular weight is 378 g/mol. The van der Waals surface area contributed by atoms with Crippen LogP contribution in [0.25, 0.3) is 0 Å². The number of phenolic OH excluding ortho intramolecular Hbond substituents is 1. The summed E-state index contributed by atoms with van der Waals surface area (Å²) >= 11 is 0. The number of aromatic nitrogens is 3. The van der Waals surface area contributed by atoms with Crippen molar-refractivity contribution in [2.75, 3.05) is 12.4 Å². The number of benzene rings is 1. The Morgan fingerprint density at radius 1 is 1.32 bits per heavy atom. The molecule has 8 heteroatoms. The molecule has 28 heavy (non-hydrogen) atoms. The molecule has 1 aromatic carbocycles. The molecule has 0 unspecified atom stereocenters. The number of aromatic hydroxyl groups is 1. The summed E-state index contributed by atoms with van der Waals surface area (Å²) in [7, 11) is 1.49. The number of carbonyl (C=O) groups excluding carboxylic acids is 1. The highest BCUT2D eigenvalue weighted by atomic mass is 16.5. The van der Waals surface area contributed by atoms with Gasteiger partial charge in [-0.15, -0.1) is 0 Å². The van der Waals surface area contributed by atoms with E-state index >= 15 is 0 Å². The van der Waals surface area contributed by atoms with Crippen molar-refractivity contribution in [1.82, 2.24) is 14.8 Å². The fraction of sp³-hybridized carbons (Fsp3) is 0.250. The second-order valence-electron chi connectivity index (χ2n) is 6.92. The van der Waals surface area contributed by atoms with Crippen molar-refractivity contribution in [3.63, 3.8) is 0 Å². The molecule has 2 aromatic heterocycles. The van der Waals surface area contributed by atoms with Crippen molar-refractivity contribution >= 4 is 11.7 Å². The van der Waals surface area contributed by atoms with Crippen LogP contribution in [0.5, 0.6) is 11.5 Å². The van der Waals surface area contributed by atoms with Crippen molar-refractivity contribution in [3.05, 3.63) is 65.5 Å². The molecule has 3 aromatic rings. The average Bonchev–Trinajstić information content (AvgIpc) is 3.38. The van der Waals surface area contributed by atoms with E-state index in [0.717, 1.165) is 17.0 Å². The van der Waals surface area contributed by atoms with Crippen molar-refractivity contribution in [1.29, 1.82) is 0 Å². The van der Waals surface area contributed by atoms with Gasteiger partial charge in [0.05, 0.1) is 13.4 Å². The second-order valence-corrected chi connectivity index (χ2v) is 6.92. The van der Waals surface area contributed by atoms with Crippen LogP contribution in [0.15, 0.2) is 58.6 Å². The predicted octanol–water partition coefficient (Wildman–Crippen LogP) is 3.00. The minimum atomic E-state index is -0.437. The number of ketones is 1. The molecular formula is C20H18N4O4. The zero-order chi connectivity index (χ0) is 19.3. The fourth-order valence-corrected chi connectivity index (χ4v) is 4.05. The summed E-state index contributed by atoms with van der Waals surface area (Å²) in [4.78, 5) is 17.5. The summed E-state index contributed by atoms with van der Waals surface area (Å²) < 4.78 is 12.5. The zero-order valence-electron chi connectivity index (χ0n) is 15.1. The highest BCUT2D eigenvalue weighted by Gasteiger charge is 2.40. The van der Waals surface area contributed by atoms with Gasteiger partial charge in [0.1, 0.15) is 18.1 Å². The lowest BCUT2D eigenvalue weighted by Gasteiger charge is -2.34. The molecule has 0 amide bonds.